The van der Waals surface area contributed by atoms with Crippen LogP contribution in [0.4, 0.5) is 0 Å². The van der Waals surface area contributed by atoms with Gasteiger partial charge in [-0.1, -0.05) is 44.6 Å². The second kappa shape index (κ2) is 7.08. The monoisotopic (exact) mass is 330 g/mol. The van der Waals surface area contributed by atoms with Crippen LogP contribution in [-0.4, -0.2) is 17.9 Å². The van der Waals surface area contributed by atoms with Crippen molar-refractivity contribution in [2.24, 2.45) is 17.3 Å². The quantitative estimate of drug-likeness (QED) is 0.520. The zero-order valence-electron chi connectivity index (χ0n) is 15.8. The van der Waals surface area contributed by atoms with Gasteiger partial charge in [-0.25, -0.2) is 0 Å². The fourth-order valence-corrected chi connectivity index (χ4v) is 3.64. The Labute approximate surface area is 145 Å². The molecule has 0 N–H and O–H groups in total. The lowest BCUT2D eigenvalue weighted by Crippen LogP contribution is -2.20. The van der Waals surface area contributed by atoms with Gasteiger partial charge in [0, 0.05) is 5.57 Å². The minimum Gasteiger partial charge on any atom is -0.457 e. The third-order valence-corrected chi connectivity index (χ3v) is 5.33. The molecular formula is C21H30O3. The Morgan fingerprint density at radius 3 is 2.54 bits per heavy atom. The van der Waals surface area contributed by atoms with E-state index in [-0.39, 0.29) is 35.1 Å². The number of rotatable bonds is 6. The smallest absolute Gasteiger partial charge is 0.310 e. The molecule has 2 aliphatic carbocycles. The van der Waals surface area contributed by atoms with Gasteiger partial charge in [0.1, 0.15) is 6.10 Å². The van der Waals surface area contributed by atoms with Gasteiger partial charge < -0.3 is 4.74 Å². The molecule has 0 bridgehead atoms. The minimum atomic E-state index is -0.376. The van der Waals surface area contributed by atoms with E-state index < -0.39 is 0 Å². The summed E-state index contributed by atoms with van der Waals surface area (Å²) in [5.74, 6) is 0.0923. The molecule has 2 aliphatic rings. The number of ketones is 1. The van der Waals surface area contributed by atoms with Crippen molar-refractivity contribution in [3.63, 3.8) is 0 Å². The van der Waals surface area contributed by atoms with Crippen LogP contribution in [-0.2, 0) is 14.3 Å². The molecule has 0 radical (unpaired) electrons. The number of Topliss-reactive ketones (excluding diaryl/α,β-unsaturated/α-hetero) is 1. The highest BCUT2D eigenvalue weighted by molar-refractivity contribution is 6.00. The molecule has 0 aromatic rings. The average Bonchev–Trinajstić information content (AvgIpc) is 2.90. The van der Waals surface area contributed by atoms with E-state index in [0.717, 1.165) is 17.6 Å². The Kier molecular flexibility index (Phi) is 5.52. The van der Waals surface area contributed by atoms with E-state index in [1.165, 1.54) is 5.57 Å². The van der Waals surface area contributed by atoms with E-state index in [1.807, 2.05) is 13.0 Å². The van der Waals surface area contributed by atoms with Crippen LogP contribution < -0.4 is 0 Å². The van der Waals surface area contributed by atoms with Crippen LogP contribution in [0.1, 0.15) is 60.8 Å². The number of esters is 1. The summed E-state index contributed by atoms with van der Waals surface area (Å²) in [5.41, 5.74) is 2.90. The van der Waals surface area contributed by atoms with Crippen molar-refractivity contribution in [2.45, 2.75) is 66.9 Å². The molecule has 132 valence electrons. The van der Waals surface area contributed by atoms with Gasteiger partial charge in [-0.05, 0) is 50.5 Å². The number of ether oxygens (including phenoxy) is 1. The lowest BCUT2D eigenvalue weighted by molar-refractivity contribution is -0.150. The highest BCUT2D eigenvalue weighted by Crippen LogP contribution is 2.60. The summed E-state index contributed by atoms with van der Waals surface area (Å²) in [6.07, 6.45) is 7.77. The summed E-state index contributed by atoms with van der Waals surface area (Å²) in [4.78, 5) is 24.8. The second-order valence-corrected chi connectivity index (χ2v) is 7.87. The van der Waals surface area contributed by atoms with Gasteiger partial charge >= 0.3 is 5.97 Å². The van der Waals surface area contributed by atoms with Crippen LogP contribution >= 0.6 is 0 Å². The number of carbonyl (C=O) groups excluding carboxylic acids is 2. The first-order chi connectivity index (χ1) is 11.2. The molecule has 0 aromatic heterocycles. The molecule has 0 unspecified atom stereocenters. The molecule has 3 atom stereocenters. The minimum absolute atomic E-state index is 0.0543. The molecule has 0 heterocycles. The average molecular weight is 330 g/mol. The van der Waals surface area contributed by atoms with Crippen molar-refractivity contribution in [1.82, 2.24) is 0 Å². The van der Waals surface area contributed by atoms with E-state index in [2.05, 4.69) is 46.8 Å². The van der Waals surface area contributed by atoms with Gasteiger partial charge in [0.15, 0.2) is 5.78 Å². The van der Waals surface area contributed by atoms with E-state index >= 15 is 0 Å². The van der Waals surface area contributed by atoms with Crippen LogP contribution in [0.2, 0.25) is 0 Å². The number of hydrogen-bond acceptors (Lipinski definition) is 3. The normalized spacial score (nSPS) is 28.4. The maximum absolute atomic E-state index is 12.6. The third kappa shape index (κ3) is 3.71. The Balaban J connectivity index is 2.04. The standard InChI is InChI=1S/C21H30O3/c1-7-8-9-10-15-14(4)18(12-17(15)22)24-20(23)19-16(11-13(2)3)21(19,5)6/h8-9,11,16,18-19H,7,10,12H2,1-6H3/b9-8+/t16-,18+,19+/m1/s1. The Hall–Kier alpha value is -1.64. The molecule has 0 saturated heterocycles. The zero-order chi connectivity index (χ0) is 18.1. The van der Waals surface area contributed by atoms with Crippen molar-refractivity contribution < 1.29 is 14.3 Å². The molecule has 0 spiro atoms. The van der Waals surface area contributed by atoms with Crippen LogP contribution in [0.15, 0.2) is 34.9 Å². The molecule has 2 rings (SSSR count). The van der Waals surface area contributed by atoms with E-state index in [4.69, 9.17) is 4.74 Å². The lowest BCUT2D eigenvalue weighted by Gasteiger charge is -2.13. The van der Waals surface area contributed by atoms with Crippen LogP contribution in [0.5, 0.6) is 0 Å². The van der Waals surface area contributed by atoms with Crippen molar-refractivity contribution in [3.8, 4) is 0 Å². The summed E-state index contributed by atoms with van der Waals surface area (Å²) in [5, 5.41) is 0. The van der Waals surface area contributed by atoms with Crippen LogP contribution in [0.3, 0.4) is 0 Å². The summed E-state index contributed by atoms with van der Waals surface area (Å²) >= 11 is 0. The van der Waals surface area contributed by atoms with E-state index in [1.54, 1.807) is 0 Å². The first-order valence-electron chi connectivity index (χ1n) is 8.93. The fourth-order valence-electron chi connectivity index (χ4n) is 3.64. The van der Waals surface area contributed by atoms with Crippen molar-refractivity contribution in [1.29, 1.82) is 0 Å². The summed E-state index contributed by atoms with van der Waals surface area (Å²) in [7, 11) is 0. The molecular weight excluding hydrogens is 300 g/mol. The van der Waals surface area contributed by atoms with Gasteiger partial charge in [-0.3, -0.25) is 9.59 Å². The summed E-state index contributed by atoms with van der Waals surface area (Å²) < 4.78 is 5.73. The number of allylic oxidation sites excluding steroid dienone is 5. The maximum Gasteiger partial charge on any atom is 0.310 e. The molecule has 24 heavy (non-hydrogen) atoms. The van der Waals surface area contributed by atoms with Crippen LogP contribution in [0, 0.1) is 17.3 Å². The topological polar surface area (TPSA) is 43.4 Å². The third-order valence-electron chi connectivity index (χ3n) is 5.33. The maximum atomic E-state index is 12.6. The lowest BCUT2D eigenvalue weighted by atomic mass is 10.1. The Morgan fingerprint density at radius 2 is 1.96 bits per heavy atom. The van der Waals surface area contributed by atoms with Crippen molar-refractivity contribution in [3.05, 3.63) is 34.9 Å². The molecule has 1 saturated carbocycles. The Morgan fingerprint density at radius 1 is 1.29 bits per heavy atom. The van der Waals surface area contributed by atoms with Gasteiger partial charge in [0.2, 0.25) is 0 Å². The second-order valence-electron chi connectivity index (χ2n) is 7.87. The first kappa shape index (κ1) is 18.7. The zero-order valence-corrected chi connectivity index (χ0v) is 15.8. The fraction of sp³-hybridized carbons (Fsp3) is 0.619. The molecule has 0 aromatic carbocycles. The van der Waals surface area contributed by atoms with Crippen LogP contribution in [0.25, 0.3) is 0 Å². The predicted octanol–water partition coefficient (Wildman–Crippen LogP) is 4.78. The summed E-state index contributed by atoms with van der Waals surface area (Å²) in [6.45, 7) is 12.3. The Bertz CT molecular complexity index is 615. The molecule has 1 fully saturated rings. The largest absolute Gasteiger partial charge is 0.457 e. The summed E-state index contributed by atoms with van der Waals surface area (Å²) in [6, 6.07) is 0. The predicted molar refractivity (Wildman–Crippen MR) is 96.4 cm³/mol. The SMILES string of the molecule is CC/C=C/CC1=C(C)[C@@H](OC(=O)[C@@H]2[C@@H](C=C(C)C)C2(C)C)CC1=O. The number of carbonyl (C=O) groups is 2. The van der Waals surface area contributed by atoms with Gasteiger partial charge in [0.05, 0.1) is 12.3 Å². The van der Waals surface area contributed by atoms with Gasteiger partial charge in [-0.2, -0.15) is 0 Å². The molecule has 0 aliphatic heterocycles. The molecule has 3 heteroatoms. The van der Waals surface area contributed by atoms with Crippen molar-refractivity contribution in [2.75, 3.05) is 0 Å². The van der Waals surface area contributed by atoms with Gasteiger partial charge in [0.25, 0.3) is 0 Å². The van der Waals surface area contributed by atoms with E-state index in [0.29, 0.717) is 12.8 Å². The number of hydrogen-bond donors (Lipinski definition) is 0. The van der Waals surface area contributed by atoms with Gasteiger partial charge in [-0.15, -0.1) is 0 Å². The highest BCUT2D eigenvalue weighted by Gasteiger charge is 2.61. The van der Waals surface area contributed by atoms with Crippen molar-refractivity contribution >= 4 is 11.8 Å². The molecule has 3 nitrogen and oxygen atoms in total. The first-order valence-corrected chi connectivity index (χ1v) is 8.93. The molecule has 0 amide bonds. The van der Waals surface area contributed by atoms with E-state index in [9.17, 15) is 9.59 Å². The highest BCUT2D eigenvalue weighted by atomic mass is 16.5.